The highest BCUT2D eigenvalue weighted by molar-refractivity contribution is 6.30. The van der Waals surface area contributed by atoms with Crippen molar-refractivity contribution in [3.8, 4) is 11.8 Å². The van der Waals surface area contributed by atoms with Crippen LogP contribution in [0.1, 0.15) is 18.9 Å². The van der Waals surface area contributed by atoms with Crippen LogP contribution < -0.4 is 0 Å². The summed E-state index contributed by atoms with van der Waals surface area (Å²) in [6.07, 6.45) is 0.756. The van der Waals surface area contributed by atoms with Gasteiger partial charge in [0.1, 0.15) is 6.54 Å². The normalized spacial score (nSPS) is 14.3. The minimum atomic E-state index is -0.192. The first-order valence-corrected chi connectivity index (χ1v) is 6.32. The molecule has 1 aliphatic rings. The quantitative estimate of drug-likeness (QED) is 0.778. The number of halogens is 1. The van der Waals surface area contributed by atoms with Crippen LogP contribution in [-0.4, -0.2) is 30.0 Å². The zero-order chi connectivity index (χ0) is 13.7. The van der Waals surface area contributed by atoms with E-state index < -0.39 is 0 Å². The van der Waals surface area contributed by atoms with Crippen molar-refractivity contribution in [1.82, 2.24) is 5.01 Å². The summed E-state index contributed by atoms with van der Waals surface area (Å²) in [7, 11) is 0. The van der Waals surface area contributed by atoms with E-state index in [2.05, 4.69) is 16.9 Å². The molecule has 5 heteroatoms. The number of amides is 1. The minimum Gasteiger partial charge on any atom is -0.466 e. The van der Waals surface area contributed by atoms with Crippen LogP contribution in [0, 0.1) is 11.8 Å². The summed E-state index contributed by atoms with van der Waals surface area (Å²) in [5.74, 6) is 6.01. The fourth-order valence-electron chi connectivity index (χ4n) is 1.51. The van der Waals surface area contributed by atoms with E-state index in [0.29, 0.717) is 10.9 Å². The van der Waals surface area contributed by atoms with E-state index in [-0.39, 0.29) is 19.1 Å². The molecule has 1 amide bonds. The van der Waals surface area contributed by atoms with Crippen molar-refractivity contribution in [2.24, 2.45) is 5.10 Å². The van der Waals surface area contributed by atoms with Crippen molar-refractivity contribution in [2.45, 2.75) is 13.3 Å². The summed E-state index contributed by atoms with van der Waals surface area (Å²) in [5.41, 5.74) is 0.783. The Morgan fingerprint density at radius 2 is 2.11 bits per heavy atom. The Labute approximate surface area is 117 Å². The Kier molecular flexibility index (Phi) is 4.43. The van der Waals surface area contributed by atoms with Gasteiger partial charge in [0, 0.05) is 17.0 Å². The van der Waals surface area contributed by atoms with Crippen molar-refractivity contribution in [1.29, 1.82) is 0 Å². The molecule has 1 heterocycles. The van der Waals surface area contributed by atoms with Gasteiger partial charge in [0.25, 0.3) is 5.91 Å². The van der Waals surface area contributed by atoms with Crippen molar-refractivity contribution < 1.29 is 9.53 Å². The van der Waals surface area contributed by atoms with E-state index in [4.69, 9.17) is 16.3 Å². The molecule has 1 aromatic carbocycles. The highest BCUT2D eigenvalue weighted by atomic mass is 35.5. The van der Waals surface area contributed by atoms with Gasteiger partial charge in [0.2, 0.25) is 5.90 Å². The molecule has 0 saturated carbocycles. The lowest BCUT2D eigenvalue weighted by Gasteiger charge is -2.22. The summed E-state index contributed by atoms with van der Waals surface area (Å²) >= 11 is 5.82. The Balaban J connectivity index is 2.18. The van der Waals surface area contributed by atoms with Crippen LogP contribution in [0.5, 0.6) is 0 Å². The Hall–Kier alpha value is -1.99. The van der Waals surface area contributed by atoms with Gasteiger partial charge in [-0.05, 0) is 24.3 Å². The van der Waals surface area contributed by atoms with Gasteiger partial charge in [-0.25, -0.2) is 5.01 Å². The third kappa shape index (κ3) is 3.49. The summed E-state index contributed by atoms with van der Waals surface area (Å²) < 4.78 is 5.32. The Bertz CT molecular complexity index is 555. The van der Waals surface area contributed by atoms with E-state index in [9.17, 15) is 4.79 Å². The molecule has 0 aromatic heterocycles. The fourth-order valence-corrected chi connectivity index (χ4v) is 1.64. The number of hydrogen-bond acceptors (Lipinski definition) is 3. The number of nitrogens with zero attached hydrogens (tertiary/aromatic N) is 2. The Morgan fingerprint density at radius 1 is 1.37 bits per heavy atom. The van der Waals surface area contributed by atoms with Gasteiger partial charge >= 0.3 is 0 Å². The second kappa shape index (κ2) is 6.26. The SMILES string of the molecule is CCC#CCN1N=C(c2ccc(Cl)cc2)OCC1=O. The van der Waals surface area contributed by atoms with Crippen LogP contribution in [0.2, 0.25) is 5.02 Å². The molecular weight excluding hydrogens is 264 g/mol. The van der Waals surface area contributed by atoms with Crippen molar-refractivity contribution >= 4 is 23.4 Å². The lowest BCUT2D eigenvalue weighted by atomic mass is 10.2. The zero-order valence-electron chi connectivity index (χ0n) is 10.5. The van der Waals surface area contributed by atoms with Gasteiger partial charge in [-0.2, -0.15) is 0 Å². The van der Waals surface area contributed by atoms with E-state index in [1.165, 1.54) is 5.01 Å². The molecule has 0 radical (unpaired) electrons. The van der Waals surface area contributed by atoms with Gasteiger partial charge in [0.05, 0.1) is 0 Å². The van der Waals surface area contributed by atoms with Gasteiger partial charge in [-0.3, -0.25) is 4.79 Å². The molecule has 2 rings (SSSR count). The summed E-state index contributed by atoms with van der Waals surface area (Å²) in [6.45, 7) is 2.22. The van der Waals surface area contributed by atoms with Crippen LogP contribution in [0.25, 0.3) is 0 Å². The van der Waals surface area contributed by atoms with E-state index >= 15 is 0 Å². The standard InChI is InChI=1S/C14H13ClN2O2/c1-2-3-4-9-17-13(18)10-19-14(16-17)11-5-7-12(15)8-6-11/h5-8H,2,9-10H2,1H3. The summed E-state index contributed by atoms with van der Waals surface area (Å²) in [5, 5.41) is 6.14. The van der Waals surface area contributed by atoms with E-state index in [0.717, 1.165) is 12.0 Å². The average Bonchev–Trinajstić information content (AvgIpc) is 2.42. The second-order valence-corrected chi connectivity index (χ2v) is 4.30. The molecule has 19 heavy (non-hydrogen) atoms. The third-order valence-corrected chi connectivity index (χ3v) is 2.71. The largest absolute Gasteiger partial charge is 0.466 e. The van der Waals surface area contributed by atoms with E-state index in [1.807, 2.05) is 6.92 Å². The highest BCUT2D eigenvalue weighted by Crippen LogP contribution is 2.13. The second-order valence-electron chi connectivity index (χ2n) is 3.86. The molecule has 0 spiro atoms. The van der Waals surface area contributed by atoms with Crippen LogP contribution >= 0.6 is 11.6 Å². The smallest absolute Gasteiger partial charge is 0.281 e. The maximum atomic E-state index is 11.6. The van der Waals surface area contributed by atoms with Crippen molar-refractivity contribution in [3.63, 3.8) is 0 Å². The third-order valence-electron chi connectivity index (χ3n) is 2.45. The minimum absolute atomic E-state index is 0.0186. The predicted octanol–water partition coefficient (Wildman–Crippen LogP) is 2.27. The topological polar surface area (TPSA) is 41.9 Å². The first-order valence-electron chi connectivity index (χ1n) is 5.94. The maximum absolute atomic E-state index is 11.6. The van der Waals surface area contributed by atoms with Crippen LogP contribution in [0.3, 0.4) is 0 Å². The molecule has 0 bridgehead atoms. The lowest BCUT2D eigenvalue weighted by molar-refractivity contribution is -0.134. The molecule has 0 saturated heterocycles. The van der Waals surface area contributed by atoms with Gasteiger partial charge in [-0.1, -0.05) is 24.4 Å². The highest BCUT2D eigenvalue weighted by Gasteiger charge is 2.21. The van der Waals surface area contributed by atoms with Gasteiger partial charge < -0.3 is 4.74 Å². The molecule has 0 aliphatic carbocycles. The number of hydrazone groups is 1. The Morgan fingerprint density at radius 3 is 2.79 bits per heavy atom. The molecule has 1 aliphatic heterocycles. The van der Waals surface area contributed by atoms with Crippen LogP contribution in [-0.2, 0) is 9.53 Å². The van der Waals surface area contributed by atoms with Gasteiger partial charge in [-0.15, -0.1) is 11.0 Å². The lowest BCUT2D eigenvalue weighted by Crippen LogP contribution is -2.37. The molecule has 0 unspecified atom stereocenters. The fraction of sp³-hybridized carbons (Fsp3) is 0.286. The molecule has 1 aromatic rings. The number of carbonyl (C=O) groups is 1. The number of rotatable bonds is 2. The maximum Gasteiger partial charge on any atom is 0.281 e. The zero-order valence-corrected chi connectivity index (χ0v) is 11.3. The van der Waals surface area contributed by atoms with Crippen molar-refractivity contribution in [2.75, 3.05) is 13.2 Å². The molecule has 4 nitrogen and oxygen atoms in total. The predicted molar refractivity (Wildman–Crippen MR) is 73.7 cm³/mol. The van der Waals surface area contributed by atoms with Crippen LogP contribution in [0.15, 0.2) is 29.4 Å². The molecule has 98 valence electrons. The summed E-state index contributed by atoms with van der Waals surface area (Å²) in [6, 6.07) is 7.10. The number of hydrogen-bond donors (Lipinski definition) is 0. The first-order chi connectivity index (χ1) is 9.20. The van der Waals surface area contributed by atoms with Crippen molar-refractivity contribution in [3.05, 3.63) is 34.9 Å². The molecule has 0 atom stereocenters. The van der Waals surface area contributed by atoms with E-state index in [1.54, 1.807) is 24.3 Å². The molecule has 0 N–H and O–H groups in total. The number of carbonyl (C=O) groups excluding carboxylic acids is 1. The summed E-state index contributed by atoms with van der Waals surface area (Å²) in [4.78, 5) is 11.6. The molecular formula is C14H13ClN2O2. The van der Waals surface area contributed by atoms with Gasteiger partial charge in [0.15, 0.2) is 6.61 Å². The molecule has 0 fully saturated rings. The number of ether oxygens (including phenoxy) is 1. The monoisotopic (exact) mass is 276 g/mol. The van der Waals surface area contributed by atoms with Crippen LogP contribution in [0.4, 0.5) is 0 Å². The average molecular weight is 277 g/mol. The first kappa shape index (κ1) is 13.4. The number of benzene rings is 1.